The van der Waals surface area contributed by atoms with E-state index in [4.69, 9.17) is 21.3 Å². The SMILES string of the molecule is CS(=O)c1ccccc1C#Cc1ccc2c(c1)OC(C)(C)c1[nH]c(-c3c(F)cccc3Cl)nc1-2. The van der Waals surface area contributed by atoms with Gasteiger partial charge in [0.15, 0.2) is 0 Å². The monoisotopic (exact) mass is 490 g/mol. The van der Waals surface area contributed by atoms with Crippen LogP contribution in [0.1, 0.15) is 30.7 Å². The molecule has 170 valence electrons. The number of nitrogens with one attached hydrogen (secondary N) is 1. The number of hydrogen-bond donors (Lipinski definition) is 1. The van der Waals surface area contributed by atoms with E-state index in [1.807, 2.05) is 56.3 Å². The molecule has 1 atom stereocenters. The Bertz CT molecular complexity index is 1510. The maximum atomic E-state index is 14.5. The first-order valence-corrected chi connectivity index (χ1v) is 12.5. The van der Waals surface area contributed by atoms with Crippen molar-refractivity contribution < 1.29 is 13.3 Å². The maximum absolute atomic E-state index is 14.5. The minimum atomic E-state index is -1.13. The van der Waals surface area contributed by atoms with Crippen LogP contribution >= 0.6 is 11.6 Å². The first-order chi connectivity index (χ1) is 16.2. The van der Waals surface area contributed by atoms with Gasteiger partial charge >= 0.3 is 0 Å². The number of halogens is 2. The van der Waals surface area contributed by atoms with Crippen LogP contribution in [0.4, 0.5) is 4.39 Å². The average Bonchev–Trinajstić information content (AvgIpc) is 3.23. The van der Waals surface area contributed by atoms with Gasteiger partial charge in [-0.05, 0) is 56.3 Å². The van der Waals surface area contributed by atoms with Crippen LogP contribution in [0.25, 0.3) is 22.6 Å². The lowest BCUT2D eigenvalue weighted by molar-refractivity contribution is 0.101. The van der Waals surface area contributed by atoms with Gasteiger partial charge in [-0.2, -0.15) is 0 Å². The standard InChI is InChI=1S/C27H20ClFN2O2S/c1-27(2)25-24(30-26(31-25)23-19(28)8-6-9-20(23)29)18-14-12-16(15-21(18)33-27)11-13-17-7-4-5-10-22(17)34(3)32/h4-10,12,14-15H,1-3H3,(H,30,31). The third-order valence-electron chi connectivity index (χ3n) is 5.65. The molecule has 7 heteroatoms. The van der Waals surface area contributed by atoms with Gasteiger partial charge in [-0.25, -0.2) is 9.37 Å². The zero-order chi connectivity index (χ0) is 24.0. The van der Waals surface area contributed by atoms with Crippen LogP contribution in [0.3, 0.4) is 0 Å². The molecule has 0 bridgehead atoms. The van der Waals surface area contributed by atoms with Crippen LogP contribution in [0.2, 0.25) is 5.02 Å². The fourth-order valence-corrected chi connectivity index (χ4v) is 4.96. The highest BCUT2D eigenvalue weighted by atomic mass is 35.5. The zero-order valence-corrected chi connectivity index (χ0v) is 20.3. The van der Waals surface area contributed by atoms with Crippen molar-refractivity contribution >= 4 is 22.4 Å². The number of benzene rings is 3. The Morgan fingerprint density at radius 1 is 1.09 bits per heavy atom. The molecule has 1 aromatic heterocycles. The number of aromatic amines is 1. The Hall–Kier alpha value is -3.40. The minimum Gasteiger partial charge on any atom is -0.481 e. The molecular formula is C27H20ClFN2O2S. The summed E-state index contributed by atoms with van der Waals surface area (Å²) in [7, 11) is -1.13. The molecule has 0 saturated heterocycles. The van der Waals surface area contributed by atoms with E-state index in [1.54, 1.807) is 18.4 Å². The highest BCUT2D eigenvalue weighted by molar-refractivity contribution is 7.84. The molecule has 1 unspecified atom stereocenters. The van der Waals surface area contributed by atoms with Gasteiger partial charge in [0.1, 0.15) is 23.0 Å². The summed E-state index contributed by atoms with van der Waals surface area (Å²) in [6.07, 6.45) is 1.64. The fraction of sp³-hybridized carbons (Fsp3) is 0.148. The molecule has 4 aromatic rings. The summed E-state index contributed by atoms with van der Waals surface area (Å²) in [5.74, 6) is 6.80. The highest BCUT2D eigenvalue weighted by Crippen LogP contribution is 2.45. The minimum absolute atomic E-state index is 0.227. The molecule has 0 aliphatic carbocycles. The number of fused-ring (bicyclic) bond motifs is 3. The van der Waals surface area contributed by atoms with Gasteiger partial charge in [-0.3, -0.25) is 4.21 Å². The Morgan fingerprint density at radius 3 is 2.65 bits per heavy atom. The second-order valence-electron chi connectivity index (χ2n) is 8.43. The molecule has 0 radical (unpaired) electrons. The van der Waals surface area contributed by atoms with Gasteiger partial charge in [0.25, 0.3) is 0 Å². The first-order valence-electron chi connectivity index (χ1n) is 10.6. The number of hydrogen-bond acceptors (Lipinski definition) is 3. The molecule has 5 rings (SSSR count). The predicted molar refractivity (Wildman–Crippen MR) is 133 cm³/mol. The Balaban J connectivity index is 1.58. The molecule has 1 N–H and O–H groups in total. The number of imidazole rings is 1. The van der Waals surface area contributed by atoms with Crippen molar-refractivity contribution in [2.45, 2.75) is 24.3 Å². The quantitative estimate of drug-likeness (QED) is 0.335. The van der Waals surface area contributed by atoms with Gasteiger partial charge in [0.05, 0.1) is 37.7 Å². The van der Waals surface area contributed by atoms with Gasteiger partial charge in [0, 0.05) is 22.9 Å². The summed E-state index contributed by atoms with van der Waals surface area (Å²) in [5.41, 5.74) is 3.18. The maximum Gasteiger partial charge on any atom is 0.145 e. The molecule has 34 heavy (non-hydrogen) atoms. The van der Waals surface area contributed by atoms with Gasteiger partial charge in [-0.1, -0.05) is 41.6 Å². The average molecular weight is 491 g/mol. The van der Waals surface area contributed by atoms with Crippen molar-refractivity contribution in [2.75, 3.05) is 6.26 Å². The van der Waals surface area contributed by atoms with Crippen molar-refractivity contribution in [1.29, 1.82) is 0 Å². The number of H-pyrrole nitrogens is 1. The van der Waals surface area contributed by atoms with E-state index in [2.05, 4.69) is 16.8 Å². The molecule has 1 aliphatic rings. The predicted octanol–water partition coefficient (Wildman–Crippen LogP) is 6.30. The van der Waals surface area contributed by atoms with Crippen molar-refractivity contribution in [3.63, 3.8) is 0 Å². The lowest BCUT2D eigenvalue weighted by atomic mass is 9.94. The van der Waals surface area contributed by atoms with Gasteiger partial charge in [-0.15, -0.1) is 0 Å². The smallest absolute Gasteiger partial charge is 0.145 e. The molecule has 0 fully saturated rings. The molecule has 0 amide bonds. The van der Waals surface area contributed by atoms with Gasteiger partial charge < -0.3 is 9.72 Å². The number of ether oxygens (including phenoxy) is 1. The van der Waals surface area contributed by atoms with E-state index in [-0.39, 0.29) is 10.6 Å². The lowest BCUT2D eigenvalue weighted by Crippen LogP contribution is -2.29. The Morgan fingerprint density at radius 2 is 1.88 bits per heavy atom. The second kappa shape index (κ2) is 8.43. The first kappa shape index (κ1) is 22.4. The molecule has 2 heterocycles. The van der Waals surface area contributed by atoms with Gasteiger partial charge in [0.2, 0.25) is 0 Å². The van der Waals surface area contributed by atoms with E-state index in [1.165, 1.54) is 6.07 Å². The number of aromatic nitrogens is 2. The van der Waals surface area contributed by atoms with E-state index < -0.39 is 22.2 Å². The molecule has 3 aromatic carbocycles. The number of nitrogens with zero attached hydrogens (tertiary/aromatic N) is 1. The third kappa shape index (κ3) is 3.91. The van der Waals surface area contributed by atoms with Crippen molar-refractivity contribution in [3.05, 3.63) is 88.3 Å². The molecule has 4 nitrogen and oxygen atoms in total. The molecular weight excluding hydrogens is 471 g/mol. The molecule has 0 saturated carbocycles. The summed E-state index contributed by atoms with van der Waals surface area (Å²) in [6, 6.07) is 17.6. The molecule has 1 aliphatic heterocycles. The van der Waals surface area contributed by atoms with E-state index in [0.29, 0.717) is 22.2 Å². The second-order valence-corrected chi connectivity index (χ2v) is 10.2. The molecule has 0 spiro atoms. The summed E-state index contributed by atoms with van der Waals surface area (Å²) in [4.78, 5) is 8.63. The van der Waals surface area contributed by atoms with Crippen molar-refractivity contribution in [3.8, 4) is 40.2 Å². The third-order valence-corrected chi connectivity index (χ3v) is 6.94. The van der Waals surface area contributed by atoms with Crippen molar-refractivity contribution in [2.24, 2.45) is 0 Å². The summed E-state index contributed by atoms with van der Waals surface area (Å²) >= 11 is 6.27. The highest BCUT2D eigenvalue weighted by Gasteiger charge is 2.36. The normalized spacial score (nSPS) is 14.3. The van der Waals surface area contributed by atoms with E-state index >= 15 is 0 Å². The summed E-state index contributed by atoms with van der Waals surface area (Å²) in [5, 5.41) is 0.281. The Kier molecular flexibility index (Phi) is 5.55. The van der Waals surface area contributed by atoms with E-state index in [9.17, 15) is 8.60 Å². The van der Waals surface area contributed by atoms with Crippen LogP contribution < -0.4 is 4.74 Å². The number of rotatable bonds is 2. The van der Waals surface area contributed by atoms with Crippen LogP contribution in [0.15, 0.2) is 65.6 Å². The summed E-state index contributed by atoms with van der Waals surface area (Å²) < 4.78 is 32.8. The van der Waals surface area contributed by atoms with Crippen LogP contribution in [-0.4, -0.2) is 20.4 Å². The van der Waals surface area contributed by atoms with Crippen LogP contribution in [0.5, 0.6) is 5.75 Å². The fourth-order valence-electron chi connectivity index (χ4n) is 4.01. The van der Waals surface area contributed by atoms with Crippen LogP contribution in [-0.2, 0) is 16.4 Å². The topological polar surface area (TPSA) is 55.0 Å². The Labute approximate surface area is 204 Å². The zero-order valence-electron chi connectivity index (χ0n) is 18.7. The largest absolute Gasteiger partial charge is 0.481 e. The summed E-state index contributed by atoms with van der Waals surface area (Å²) in [6.45, 7) is 3.84. The van der Waals surface area contributed by atoms with E-state index in [0.717, 1.165) is 22.4 Å². The van der Waals surface area contributed by atoms with Crippen molar-refractivity contribution in [1.82, 2.24) is 9.97 Å². The lowest BCUT2D eigenvalue weighted by Gasteiger charge is -2.31. The van der Waals surface area contributed by atoms with Crippen LogP contribution in [0, 0.1) is 17.7 Å².